The van der Waals surface area contributed by atoms with Crippen molar-refractivity contribution in [1.29, 1.82) is 0 Å². The molecule has 0 unspecified atom stereocenters. The molecule has 12 heavy (non-hydrogen) atoms. The van der Waals surface area contributed by atoms with Gasteiger partial charge < -0.3 is 9.47 Å². The monoisotopic (exact) mass is 182 g/mol. The van der Waals surface area contributed by atoms with Gasteiger partial charge >= 0.3 is 0 Å². The highest BCUT2D eigenvalue weighted by Crippen LogP contribution is 2.36. The molecule has 1 aromatic carbocycles. The molecule has 0 fully saturated rings. The molecule has 0 radical (unpaired) electrons. The minimum absolute atomic E-state index is 0.270. The van der Waals surface area contributed by atoms with E-state index in [1.165, 1.54) is 0 Å². The maximum Gasteiger partial charge on any atom is 0.231 e. The van der Waals surface area contributed by atoms with Gasteiger partial charge in [0.05, 0.1) is 5.02 Å². The summed E-state index contributed by atoms with van der Waals surface area (Å²) in [6, 6.07) is 3.55. The summed E-state index contributed by atoms with van der Waals surface area (Å²) >= 11 is 5.90. The largest absolute Gasteiger partial charge is 0.454 e. The smallest absolute Gasteiger partial charge is 0.231 e. The highest BCUT2D eigenvalue weighted by Gasteiger charge is 2.14. The van der Waals surface area contributed by atoms with E-state index in [1.807, 2.05) is 6.07 Å². The summed E-state index contributed by atoms with van der Waals surface area (Å²) in [5, 5.41) is 0.634. The van der Waals surface area contributed by atoms with Crippen molar-refractivity contribution in [2.45, 2.75) is 0 Å². The molecule has 1 heterocycles. The number of hydrogen-bond acceptors (Lipinski definition) is 2. The van der Waals surface area contributed by atoms with Gasteiger partial charge in [-0.05, 0) is 11.6 Å². The summed E-state index contributed by atoms with van der Waals surface area (Å²) in [5.74, 6) is 1.43. The highest BCUT2D eigenvalue weighted by atomic mass is 35.5. The van der Waals surface area contributed by atoms with Crippen molar-refractivity contribution < 1.29 is 9.47 Å². The summed E-state index contributed by atoms with van der Waals surface area (Å²) in [4.78, 5) is 0. The first-order valence-electron chi connectivity index (χ1n) is 3.53. The van der Waals surface area contributed by atoms with Crippen LogP contribution in [-0.4, -0.2) is 6.79 Å². The second kappa shape index (κ2) is 2.72. The van der Waals surface area contributed by atoms with E-state index in [-0.39, 0.29) is 6.79 Å². The van der Waals surface area contributed by atoms with Crippen molar-refractivity contribution in [3.8, 4) is 11.5 Å². The highest BCUT2D eigenvalue weighted by molar-refractivity contribution is 6.32. The molecule has 0 aromatic heterocycles. The molecule has 2 rings (SSSR count). The van der Waals surface area contributed by atoms with E-state index in [1.54, 1.807) is 12.1 Å². The molecule has 1 aliphatic heterocycles. The molecule has 0 aliphatic carbocycles. The number of rotatable bonds is 1. The van der Waals surface area contributed by atoms with Crippen LogP contribution in [0.5, 0.6) is 11.5 Å². The minimum Gasteiger partial charge on any atom is -0.454 e. The number of benzene rings is 1. The molecule has 0 atom stereocenters. The molecule has 62 valence electrons. The fraction of sp³-hybridized carbons (Fsp3) is 0.111. The Morgan fingerprint density at radius 1 is 1.33 bits per heavy atom. The normalized spacial score (nSPS) is 13.1. The Bertz CT molecular complexity index is 334. The molecular formula is C9H7ClO2. The van der Waals surface area contributed by atoms with E-state index >= 15 is 0 Å². The van der Waals surface area contributed by atoms with Crippen molar-refractivity contribution in [3.63, 3.8) is 0 Å². The molecule has 0 N–H and O–H groups in total. The van der Waals surface area contributed by atoms with Gasteiger partial charge in [0.15, 0.2) is 11.5 Å². The lowest BCUT2D eigenvalue weighted by Gasteiger charge is -2.00. The predicted molar refractivity (Wildman–Crippen MR) is 47.7 cm³/mol. The van der Waals surface area contributed by atoms with Crippen molar-refractivity contribution in [3.05, 3.63) is 29.3 Å². The van der Waals surface area contributed by atoms with E-state index in [2.05, 4.69) is 6.58 Å². The molecule has 0 saturated carbocycles. The molecule has 0 bridgehead atoms. The first-order valence-corrected chi connectivity index (χ1v) is 3.90. The van der Waals surface area contributed by atoms with Crippen LogP contribution >= 0.6 is 11.6 Å². The van der Waals surface area contributed by atoms with Gasteiger partial charge in [0.25, 0.3) is 0 Å². The van der Waals surface area contributed by atoms with Gasteiger partial charge in [0.1, 0.15) is 0 Å². The number of hydrogen-bond donors (Lipinski definition) is 0. The van der Waals surface area contributed by atoms with E-state index in [4.69, 9.17) is 21.1 Å². The van der Waals surface area contributed by atoms with Crippen LogP contribution in [0.25, 0.3) is 6.08 Å². The lowest BCUT2D eigenvalue weighted by Crippen LogP contribution is -1.92. The van der Waals surface area contributed by atoms with Crippen molar-refractivity contribution in [2.24, 2.45) is 0 Å². The van der Waals surface area contributed by atoms with Gasteiger partial charge in [-0.2, -0.15) is 0 Å². The van der Waals surface area contributed by atoms with Gasteiger partial charge in [-0.3, -0.25) is 0 Å². The molecule has 0 amide bonds. The third kappa shape index (κ3) is 1.04. The third-order valence-corrected chi connectivity index (χ3v) is 2.04. The topological polar surface area (TPSA) is 18.5 Å². The van der Waals surface area contributed by atoms with E-state index in [0.29, 0.717) is 10.8 Å². The molecule has 1 aliphatic rings. The van der Waals surface area contributed by atoms with Crippen LogP contribution in [0.2, 0.25) is 5.02 Å². The summed E-state index contributed by atoms with van der Waals surface area (Å²) < 4.78 is 10.3. The Morgan fingerprint density at radius 3 is 2.67 bits per heavy atom. The number of fused-ring (bicyclic) bond motifs is 1. The fourth-order valence-corrected chi connectivity index (χ4v) is 1.32. The maximum absolute atomic E-state index is 5.90. The molecule has 1 aromatic rings. The lowest BCUT2D eigenvalue weighted by molar-refractivity contribution is 0.174. The van der Waals surface area contributed by atoms with Crippen LogP contribution in [0.4, 0.5) is 0 Å². The summed E-state index contributed by atoms with van der Waals surface area (Å²) in [7, 11) is 0. The number of ether oxygens (including phenoxy) is 2. The standard InChI is InChI=1S/C9H7ClO2/c1-2-6-3-8-9(4-7(6)10)12-5-11-8/h2-4H,1,5H2. The first-order chi connectivity index (χ1) is 5.81. The van der Waals surface area contributed by atoms with E-state index in [9.17, 15) is 0 Å². The minimum atomic E-state index is 0.270. The summed E-state index contributed by atoms with van der Waals surface area (Å²) in [5.41, 5.74) is 0.862. The third-order valence-electron chi connectivity index (χ3n) is 1.71. The Labute approximate surface area is 75.4 Å². The molecular weight excluding hydrogens is 176 g/mol. The Morgan fingerprint density at radius 2 is 2.00 bits per heavy atom. The van der Waals surface area contributed by atoms with Crippen molar-refractivity contribution in [2.75, 3.05) is 6.79 Å². The summed E-state index contributed by atoms with van der Waals surface area (Å²) in [6.45, 7) is 3.91. The van der Waals surface area contributed by atoms with Crippen LogP contribution in [-0.2, 0) is 0 Å². The quantitative estimate of drug-likeness (QED) is 0.665. The fourth-order valence-electron chi connectivity index (χ4n) is 1.09. The zero-order valence-corrected chi connectivity index (χ0v) is 7.10. The Balaban J connectivity index is 2.56. The van der Waals surface area contributed by atoms with E-state index < -0.39 is 0 Å². The van der Waals surface area contributed by atoms with Crippen LogP contribution < -0.4 is 9.47 Å². The van der Waals surface area contributed by atoms with Gasteiger partial charge in [-0.1, -0.05) is 24.3 Å². The van der Waals surface area contributed by atoms with Crippen LogP contribution in [0, 0.1) is 0 Å². The lowest BCUT2D eigenvalue weighted by atomic mass is 10.2. The second-order valence-electron chi connectivity index (χ2n) is 2.43. The molecule has 3 heteroatoms. The van der Waals surface area contributed by atoms with Gasteiger partial charge in [0.2, 0.25) is 6.79 Å². The van der Waals surface area contributed by atoms with Gasteiger partial charge in [-0.25, -0.2) is 0 Å². The van der Waals surface area contributed by atoms with Crippen molar-refractivity contribution in [1.82, 2.24) is 0 Å². The number of halogens is 1. The Kier molecular flexibility index (Phi) is 1.70. The van der Waals surface area contributed by atoms with Crippen LogP contribution in [0.3, 0.4) is 0 Å². The zero-order valence-electron chi connectivity index (χ0n) is 6.34. The Hall–Kier alpha value is -1.15. The van der Waals surface area contributed by atoms with Crippen LogP contribution in [0.15, 0.2) is 18.7 Å². The average molecular weight is 183 g/mol. The second-order valence-corrected chi connectivity index (χ2v) is 2.84. The van der Waals surface area contributed by atoms with Gasteiger partial charge in [-0.15, -0.1) is 0 Å². The predicted octanol–water partition coefficient (Wildman–Crippen LogP) is 2.71. The molecule has 0 spiro atoms. The van der Waals surface area contributed by atoms with E-state index in [0.717, 1.165) is 11.3 Å². The SMILES string of the molecule is C=Cc1cc2c(cc1Cl)OCO2. The zero-order chi connectivity index (χ0) is 8.55. The molecule has 2 nitrogen and oxygen atoms in total. The van der Waals surface area contributed by atoms with Crippen LogP contribution in [0.1, 0.15) is 5.56 Å². The van der Waals surface area contributed by atoms with Crippen molar-refractivity contribution >= 4 is 17.7 Å². The maximum atomic E-state index is 5.90. The first kappa shape index (κ1) is 7.50. The average Bonchev–Trinajstić information content (AvgIpc) is 2.49. The molecule has 0 saturated heterocycles. The summed E-state index contributed by atoms with van der Waals surface area (Å²) in [6.07, 6.45) is 1.68. The van der Waals surface area contributed by atoms with Gasteiger partial charge in [0, 0.05) is 6.07 Å².